The van der Waals surface area contributed by atoms with Gasteiger partial charge in [0.1, 0.15) is 20.8 Å². The van der Waals surface area contributed by atoms with Gasteiger partial charge in [-0.3, -0.25) is 5.04 Å². The molecule has 21 heteroatoms. The number of carbonyl (C=O) groups excluding carboxylic acids is 1. The molecule has 2 amide bonds. The van der Waals surface area contributed by atoms with Crippen molar-refractivity contribution in [1.29, 1.82) is 0 Å². The monoisotopic (exact) mass is 657 g/mol. The van der Waals surface area contributed by atoms with Gasteiger partial charge in [-0.05, 0) is 47.9 Å². The molecule has 42 heavy (non-hydrogen) atoms. The van der Waals surface area contributed by atoms with E-state index in [1.54, 1.807) is 0 Å². The van der Waals surface area contributed by atoms with Gasteiger partial charge < -0.3 is 26.2 Å². The van der Waals surface area contributed by atoms with Crippen molar-refractivity contribution in [2.45, 2.75) is 9.79 Å². The van der Waals surface area contributed by atoms with Gasteiger partial charge in [-0.1, -0.05) is 17.7 Å². The summed E-state index contributed by atoms with van der Waals surface area (Å²) in [5.74, 6) is -1.68. The first-order chi connectivity index (χ1) is 18.9. The predicted octanol–water partition coefficient (Wildman–Crippen LogP) is -1.65. The first kappa shape index (κ1) is 36.2. The van der Waals surface area contributed by atoms with E-state index in [1.807, 2.05) is 0 Å². The number of nitrogens with one attached hydrogen (secondary N) is 2. The smallest absolute Gasteiger partial charge is 0.744 e. The van der Waals surface area contributed by atoms with Crippen LogP contribution in [0.4, 0.5) is 42.1 Å². The van der Waals surface area contributed by atoms with Crippen molar-refractivity contribution >= 4 is 79.1 Å². The number of anilines is 3. The zero-order valence-corrected chi connectivity index (χ0v) is 27.7. The SMILES string of the molecule is NC(=O)Nc1cc(Nc2nc(F)nc(F)c2Cl)ccc1N=Nc1ccc2cc(SOO[O-])cc(S(=O)(=O)[O-])c2c1.[Na+].[Na+]. The number of fused-ring (bicyclic) bond motifs is 1. The number of amides is 2. The van der Waals surface area contributed by atoms with E-state index in [1.165, 1.54) is 42.5 Å². The van der Waals surface area contributed by atoms with E-state index in [0.29, 0.717) is 17.4 Å². The minimum absolute atomic E-state index is 0. The molecular formula is C21H12ClF2N7Na2O7S2. The zero-order chi connectivity index (χ0) is 29.0. The first-order valence-electron chi connectivity index (χ1n) is 10.4. The molecule has 0 aliphatic heterocycles. The number of hydrogen-bond acceptors (Lipinski definition) is 13. The van der Waals surface area contributed by atoms with Crippen LogP contribution in [0, 0.1) is 12.0 Å². The number of urea groups is 1. The second kappa shape index (κ2) is 15.6. The van der Waals surface area contributed by atoms with Crippen molar-refractivity contribution in [3.05, 3.63) is 65.6 Å². The Kier molecular flexibility index (Phi) is 13.4. The number of carbonyl (C=O) groups is 1. The Labute approximate surface area is 288 Å². The average molecular weight is 658 g/mol. The molecule has 4 aromatic rings. The molecule has 1 heterocycles. The summed E-state index contributed by atoms with van der Waals surface area (Å²) in [5.41, 5.74) is 5.58. The molecule has 4 N–H and O–H groups in total. The van der Waals surface area contributed by atoms with Crippen molar-refractivity contribution in [2.24, 2.45) is 16.0 Å². The molecule has 0 spiro atoms. The van der Waals surface area contributed by atoms with Crippen LogP contribution in [0.2, 0.25) is 5.02 Å². The molecule has 0 unspecified atom stereocenters. The molecule has 0 radical (unpaired) electrons. The molecule has 0 saturated carbocycles. The second-order valence-electron chi connectivity index (χ2n) is 7.49. The van der Waals surface area contributed by atoms with Crippen LogP contribution in [0.5, 0.6) is 0 Å². The Balaban J connectivity index is 0.00000308. The van der Waals surface area contributed by atoms with Crippen LogP contribution in [0.1, 0.15) is 0 Å². The minimum Gasteiger partial charge on any atom is -0.744 e. The van der Waals surface area contributed by atoms with Crippen molar-refractivity contribution in [3.63, 3.8) is 0 Å². The number of rotatable bonds is 9. The van der Waals surface area contributed by atoms with Gasteiger partial charge in [-0.2, -0.15) is 28.2 Å². The summed E-state index contributed by atoms with van der Waals surface area (Å²) in [5, 5.41) is 26.0. The molecule has 0 bridgehead atoms. The van der Waals surface area contributed by atoms with Gasteiger partial charge in [-0.25, -0.2) is 13.2 Å². The molecule has 1 aromatic heterocycles. The molecule has 0 atom stereocenters. The van der Waals surface area contributed by atoms with Crippen LogP contribution in [0.3, 0.4) is 0 Å². The van der Waals surface area contributed by atoms with E-state index in [9.17, 15) is 31.8 Å². The fraction of sp³-hybridized carbons (Fsp3) is 0. The first-order valence-corrected chi connectivity index (χ1v) is 12.9. The van der Waals surface area contributed by atoms with Crippen LogP contribution in [-0.2, 0) is 19.5 Å². The maximum Gasteiger partial charge on any atom is 1.00 e. The summed E-state index contributed by atoms with van der Waals surface area (Å²) < 4.78 is 66.8. The topological polar surface area (TPSA) is 216 Å². The van der Waals surface area contributed by atoms with Crippen LogP contribution in [0.15, 0.2) is 68.6 Å². The van der Waals surface area contributed by atoms with Gasteiger partial charge in [0.05, 0.1) is 28.3 Å². The van der Waals surface area contributed by atoms with Crippen LogP contribution < -0.4 is 80.7 Å². The molecule has 14 nitrogen and oxygen atoms in total. The maximum atomic E-state index is 13.6. The third-order valence-electron chi connectivity index (χ3n) is 4.87. The molecule has 0 aliphatic rings. The normalized spacial score (nSPS) is 11.2. The molecule has 4 rings (SSSR count). The van der Waals surface area contributed by atoms with Crippen molar-refractivity contribution in [1.82, 2.24) is 9.97 Å². The van der Waals surface area contributed by atoms with Crippen molar-refractivity contribution < 1.29 is 100 Å². The summed E-state index contributed by atoms with van der Waals surface area (Å²) in [6.45, 7) is 0. The quantitative estimate of drug-likeness (QED) is 0.0271. The Morgan fingerprint density at radius 3 is 2.48 bits per heavy atom. The number of hydrogen-bond donors (Lipinski definition) is 3. The summed E-state index contributed by atoms with van der Waals surface area (Å²) in [6.07, 6.45) is -1.37. The Hall–Kier alpha value is -2.04. The molecule has 0 aliphatic carbocycles. The fourth-order valence-electron chi connectivity index (χ4n) is 3.31. The Morgan fingerprint density at radius 2 is 1.81 bits per heavy atom. The molecule has 208 valence electrons. The number of azo groups is 1. The predicted molar refractivity (Wildman–Crippen MR) is 134 cm³/mol. The van der Waals surface area contributed by atoms with Gasteiger partial charge in [0.25, 0.3) is 0 Å². The van der Waals surface area contributed by atoms with Gasteiger partial charge in [0, 0.05) is 16.0 Å². The van der Waals surface area contributed by atoms with Gasteiger partial charge >= 0.3 is 71.2 Å². The van der Waals surface area contributed by atoms with E-state index < -0.39 is 38.1 Å². The minimum atomic E-state index is -4.96. The third-order valence-corrected chi connectivity index (χ3v) is 6.64. The van der Waals surface area contributed by atoms with E-state index in [2.05, 4.69) is 40.2 Å². The number of halogens is 3. The fourth-order valence-corrected chi connectivity index (χ4v) is 4.69. The van der Waals surface area contributed by atoms with Crippen LogP contribution in [-0.4, -0.2) is 29.0 Å². The van der Waals surface area contributed by atoms with E-state index in [-0.39, 0.29) is 98.0 Å². The summed E-state index contributed by atoms with van der Waals surface area (Å²) in [6, 6.07) is 9.68. The number of nitrogens with zero attached hydrogens (tertiary/aromatic N) is 4. The second-order valence-corrected chi connectivity index (χ2v) is 9.99. The Morgan fingerprint density at radius 1 is 1.07 bits per heavy atom. The Bertz CT molecular complexity index is 1780. The number of benzene rings is 3. The van der Waals surface area contributed by atoms with Crippen molar-refractivity contribution in [3.8, 4) is 0 Å². The van der Waals surface area contributed by atoms with Gasteiger partial charge in [0.2, 0.25) is 5.95 Å². The number of aromatic nitrogens is 2. The average Bonchev–Trinajstić information content (AvgIpc) is 2.88. The number of primary amides is 1. The van der Waals surface area contributed by atoms with Crippen LogP contribution in [0.25, 0.3) is 10.8 Å². The van der Waals surface area contributed by atoms with Gasteiger partial charge in [0.15, 0.2) is 5.82 Å². The molecule has 0 saturated heterocycles. The number of nitrogens with two attached hydrogens (primary N) is 1. The maximum absolute atomic E-state index is 13.6. The van der Waals surface area contributed by atoms with E-state index in [4.69, 9.17) is 17.3 Å². The molecule has 3 aromatic carbocycles. The van der Waals surface area contributed by atoms with Crippen molar-refractivity contribution in [2.75, 3.05) is 10.6 Å². The summed E-state index contributed by atoms with van der Waals surface area (Å²) >= 11 is 6.17. The molecule has 0 fully saturated rings. The van der Waals surface area contributed by atoms with Gasteiger partial charge in [-0.15, -0.1) is 5.11 Å². The summed E-state index contributed by atoms with van der Waals surface area (Å²) in [4.78, 5) is 17.3. The third kappa shape index (κ3) is 9.23. The largest absolute Gasteiger partial charge is 1.00 e. The summed E-state index contributed by atoms with van der Waals surface area (Å²) in [7, 11) is -4.96. The standard InChI is InChI=1S/C21H14ClF2N7O7S2.2Na/c22-17-18(23)28-20(24)29-19(17)26-10-3-4-14(15(7-10)27-21(25)32)31-30-11-2-1-9-5-12(39-38-37-33)8-16(13(9)6-11)40(34,35)36;;/h1-8,33H,(H3,25,27,32)(H,26,28,29)(H,34,35,36);;/q;2*+1/p-2. The molecular weight excluding hydrogens is 646 g/mol. The van der Waals surface area contributed by atoms with Crippen LogP contribution >= 0.6 is 23.6 Å². The van der Waals surface area contributed by atoms with E-state index >= 15 is 0 Å². The van der Waals surface area contributed by atoms with E-state index in [0.717, 1.165) is 6.07 Å². The zero-order valence-electron chi connectivity index (χ0n) is 21.3.